The lowest BCUT2D eigenvalue weighted by Crippen LogP contribution is -2.38. The highest BCUT2D eigenvalue weighted by Gasteiger charge is 2.20. The first kappa shape index (κ1) is 20.3. The van der Waals surface area contributed by atoms with Crippen molar-refractivity contribution in [2.24, 2.45) is 0 Å². The summed E-state index contributed by atoms with van der Waals surface area (Å²) in [7, 11) is 0. The highest BCUT2D eigenvalue weighted by Crippen LogP contribution is 2.27. The van der Waals surface area contributed by atoms with Crippen molar-refractivity contribution in [3.63, 3.8) is 0 Å². The van der Waals surface area contributed by atoms with Crippen LogP contribution in [0, 0.1) is 27.7 Å². The summed E-state index contributed by atoms with van der Waals surface area (Å²) >= 11 is 6.20. The van der Waals surface area contributed by atoms with E-state index in [0.29, 0.717) is 5.75 Å². The van der Waals surface area contributed by atoms with E-state index in [1.54, 1.807) is 6.92 Å². The second-order valence-electron chi connectivity index (χ2n) is 6.96. The Balaban J connectivity index is 2.10. The van der Waals surface area contributed by atoms with E-state index in [-0.39, 0.29) is 11.9 Å². The molecule has 4 heteroatoms. The molecule has 3 nitrogen and oxygen atoms in total. The van der Waals surface area contributed by atoms with Gasteiger partial charge in [-0.15, -0.1) is 0 Å². The van der Waals surface area contributed by atoms with Gasteiger partial charge in [-0.1, -0.05) is 42.3 Å². The Kier molecular flexibility index (Phi) is 6.71. The first-order valence-corrected chi connectivity index (χ1v) is 9.41. The first-order chi connectivity index (χ1) is 12.2. The molecule has 2 aromatic rings. The molecular weight excluding hydrogens is 346 g/mol. The molecule has 1 N–H and O–H groups in total. The van der Waals surface area contributed by atoms with Gasteiger partial charge in [-0.05, 0) is 75.4 Å². The van der Waals surface area contributed by atoms with Gasteiger partial charge in [0.2, 0.25) is 0 Å². The average Bonchev–Trinajstić information content (AvgIpc) is 2.57. The van der Waals surface area contributed by atoms with Crippen LogP contribution in [0.15, 0.2) is 30.3 Å². The number of halogens is 1. The highest BCUT2D eigenvalue weighted by atomic mass is 35.5. The molecule has 0 aliphatic carbocycles. The third-order valence-corrected chi connectivity index (χ3v) is 5.21. The summed E-state index contributed by atoms with van der Waals surface area (Å²) < 4.78 is 5.85. The summed E-state index contributed by atoms with van der Waals surface area (Å²) in [6.07, 6.45) is 0.233. The van der Waals surface area contributed by atoms with Gasteiger partial charge in [0.1, 0.15) is 5.75 Å². The SMILES string of the molecule is CC[C@@H](NC(=O)[C@@H](C)Oc1cc(C)c(Cl)c(C)c1)c1ccc(C)cc1C. The molecule has 0 spiro atoms. The smallest absolute Gasteiger partial charge is 0.261 e. The van der Waals surface area contributed by atoms with Crippen molar-refractivity contribution >= 4 is 17.5 Å². The fourth-order valence-corrected chi connectivity index (χ4v) is 3.25. The van der Waals surface area contributed by atoms with Crippen molar-refractivity contribution in [1.82, 2.24) is 5.32 Å². The molecule has 0 aromatic heterocycles. The zero-order chi connectivity index (χ0) is 19.4. The predicted molar refractivity (Wildman–Crippen MR) is 108 cm³/mol. The molecule has 2 aromatic carbocycles. The standard InChI is InChI=1S/C22H28ClNO2/c1-7-20(19-9-8-13(2)10-14(19)3)24-22(25)17(6)26-18-11-15(4)21(23)16(5)12-18/h8-12,17,20H,7H2,1-6H3,(H,24,25)/t17-,20-/m1/s1. The van der Waals surface area contributed by atoms with E-state index >= 15 is 0 Å². The Hall–Kier alpha value is -2.00. The van der Waals surface area contributed by atoms with Crippen LogP contribution < -0.4 is 10.1 Å². The van der Waals surface area contributed by atoms with E-state index in [1.165, 1.54) is 11.1 Å². The number of carbonyl (C=O) groups excluding carboxylic acids is 1. The van der Waals surface area contributed by atoms with Crippen molar-refractivity contribution in [3.05, 3.63) is 63.2 Å². The molecule has 0 heterocycles. The van der Waals surface area contributed by atoms with Crippen LogP contribution in [0.4, 0.5) is 0 Å². The highest BCUT2D eigenvalue weighted by molar-refractivity contribution is 6.32. The van der Waals surface area contributed by atoms with Crippen LogP contribution in [-0.4, -0.2) is 12.0 Å². The quantitative estimate of drug-likeness (QED) is 0.714. The van der Waals surface area contributed by atoms with Crippen molar-refractivity contribution in [2.45, 2.75) is 60.1 Å². The summed E-state index contributed by atoms with van der Waals surface area (Å²) in [6, 6.07) is 10.0. The zero-order valence-corrected chi connectivity index (χ0v) is 17.2. The summed E-state index contributed by atoms with van der Waals surface area (Å²) in [6.45, 7) is 11.9. The molecule has 0 saturated carbocycles. The molecular formula is C22H28ClNO2. The van der Waals surface area contributed by atoms with Gasteiger partial charge in [0, 0.05) is 5.02 Å². The maximum absolute atomic E-state index is 12.6. The lowest BCUT2D eigenvalue weighted by Gasteiger charge is -2.23. The van der Waals surface area contributed by atoms with E-state index < -0.39 is 6.10 Å². The van der Waals surface area contributed by atoms with Crippen LogP contribution >= 0.6 is 11.6 Å². The number of carbonyl (C=O) groups is 1. The number of hydrogen-bond acceptors (Lipinski definition) is 2. The number of aryl methyl sites for hydroxylation is 4. The van der Waals surface area contributed by atoms with Gasteiger partial charge in [0.05, 0.1) is 6.04 Å². The number of nitrogens with one attached hydrogen (secondary N) is 1. The van der Waals surface area contributed by atoms with Crippen LogP contribution in [0.1, 0.15) is 54.1 Å². The first-order valence-electron chi connectivity index (χ1n) is 9.03. The van der Waals surface area contributed by atoms with Crippen LogP contribution in [0.2, 0.25) is 5.02 Å². The summed E-state index contributed by atoms with van der Waals surface area (Å²) in [5.74, 6) is 0.536. The third kappa shape index (κ3) is 4.79. The number of rotatable bonds is 6. The molecule has 2 rings (SSSR count). The Labute approximate surface area is 161 Å². The zero-order valence-electron chi connectivity index (χ0n) is 16.4. The average molecular weight is 374 g/mol. The Morgan fingerprint density at radius 3 is 2.23 bits per heavy atom. The molecule has 0 saturated heterocycles. The summed E-state index contributed by atoms with van der Waals surface area (Å²) in [5.41, 5.74) is 5.44. The fraction of sp³-hybridized carbons (Fsp3) is 0.409. The fourth-order valence-electron chi connectivity index (χ4n) is 3.14. The topological polar surface area (TPSA) is 38.3 Å². The molecule has 2 atom stereocenters. The second kappa shape index (κ2) is 8.59. The molecule has 140 valence electrons. The van der Waals surface area contributed by atoms with Gasteiger partial charge >= 0.3 is 0 Å². The number of ether oxygens (including phenoxy) is 1. The van der Waals surface area contributed by atoms with Crippen molar-refractivity contribution in [2.75, 3.05) is 0 Å². The maximum atomic E-state index is 12.6. The Morgan fingerprint density at radius 2 is 1.69 bits per heavy atom. The van der Waals surface area contributed by atoms with E-state index in [9.17, 15) is 4.79 Å². The Bertz CT molecular complexity index is 778. The van der Waals surface area contributed by atoms with Gasteiger partial charge in [-0.3, -0.25) is 4.79 Å². The molecule has 0 fully saturated rings. The van der Waals surface area contributed by atoms with E-state index in [1.807, 2.05) is 26.0 Å². The number of benzene rings is 2. The van der Waals surface area contributed by atoms with Crippen molar-refractivity contribution in [3.8, 4) is 5.75 Å². The lowest BCUT2D eigenvalue weighted by molar-refractivity contribution is -0.128. The summed E-state index contributed by atoms with van der Waals surface area (Å²) in [4.78, 5) is 12.6. The van der Waals surface area contributed by atoms with Gasteiger partial charge < -0.3 is 10.1 Å². The minimum atomic E-state index is -0.588. The third-order valence-electron chi connectivity index (χ3n) is 4.62. The Morgan fingerprint density at radius 1 is 1.08 bits per heavy atom. The van der Waals surface area contributed by atoms with Crippen LogP contribution in [-0.2, 0) is 4.79 Å². The van der Waals surface area contributed by atoms with Crippen molar-refractivity contribution < 1.29 is 9.53 Å². The van der Waals surface area contributed by atoms with Crippen LogP contribution in [0.25, 0.3) is 0 Å². The second-order valence-corrected chi connectivity index (χ2v) is 7.34. The lowest BCUT2D eigenvalue weighted by atomic mass is 9.97. The molecule has 0 radical (unpaired) electrons. The van der Waals surface area contributed by atoms with Gasteiger partial charge in [-0.25, -0.2) is 0 Å². The molecule has 0 unspecified atom stereocenters. The molecule has 0 aliphatic heterocycles. The minimum Gasteiger partial charge on any atom is -0.481 e. The number of amides is 1. The van der Waals surface area contributed by atoms with E-state index in [0.717, 1.165) is 28.1 Å². The molecule has 0 bridgehead atoms. The number of hydrogen-bond donors (Lipinski definition) is 1. The van der Waals surface area contributed by atoms with E-state index in [2.05, 4.69) is 44.3 Å². The van der Waals surface area contributed by atoms with Crippen molar-refractivity contribution in [1.29, 1.82) is 0 Å². The van der Waals surface area contributed by atoms with Gasteiger partial charge in [-0.2, -0.15) is 0 Å². The van der Waals surface area contributed by atoms with E-state index in [4.69, 9.17) is 16.3 Å². The summed E-state index contributed by atoms with van der Waals surface area (Å²) in [5, 5.41) is 3.85. The largest absolute Gasteiger partial charge is 0.481 e. The van der Waals surface area contributed by atoms with Crippen LogP contribution in [0.3, 0.4) is 0 Å². The van der Waals surface area contributed by atoms with Gasteiger partial charge in [0.15, 0.2) is 6.10 Å². The maximum Gasteiger partial charge on any atom is 0.261 e. The predicted octanol–water partition coefficient (Wildman–Crippen LogP) is 5.61. The van der Waals surface area contributed by atoms with Gasteiger partial charge in [0.25, 0.3) is 5.91 Å². The molecule has 1 amide bonds. The molecule has 0 aliphatic rings. The normalized spacial score (nSPS) is 13.2. The monoisotopic (exact) mass is 373 g/mol. The molecule has 26 heavy (non-hydrogen) atoms. The minimum absolute atomic E-state index is 0.0251. The van der Waals surface area contributed by atoms with Crippen LogP contribution in [0.5, 0.6) is 5.75 Å².